The topological polar surface area (TPSA) is 65.1 Å². The van der Waals surface area contributed by atoms with Crippen LogP contribution < -0.4 is 0 Å². The molecule has 3 saturated heterocycles. The highest BCUT2D eigenvalue weighted by Gasteiger charge is 2.57. The van der Waals surface area contributed by atoms with Crippen LogP contribution in [0.5, 0.6) is 0 Å². The Morgan fingerprint density at radius 3 is 1.16 bits per heavy atom. The Labute approximate surface area is 308 Å². The molecule has 0 aromatic carbocycles. The van der Waals surface area contributed by atoms with E-state index in [2.05, 4.69) is 119 Å². The number of hydrogen-bond donors (Lipinski definition) is 0. The van der Waals surface area contributed by atoms with Crippen molar-refractivity contribution >= 4 is 0 Å². The molecule has 0 N–H and O–H groups in total. The number of nitrogens with zero attached hydrogens (tertiary/aromatic N) is 3. The Bertz CT molecular complexity index is 964. The van der Waals surface area contributed by atoms with Gasteiger partial charge in [0.05, 0.1) is 54.7 Å². The Morgan fingerprint density at radius 1 is 0.460 bits per heavy atom. The largest absolute Gasteiger partial charge is 0.376 e. The second kappa shape index (κ2) is 17.9. The van der Waals surface area contributed by atoms with E-state index >= 15 is 0 Å². The summed E-state index contributed by atoms with van der Waals surface area (Å²) in [6.45, 7) is 36.7. The Morgan fingerprint density at radius 2 is 0.800 bits per heavy atom. The molecular weight excluding hydrogens is 630 g/mol. The van der Waals surface area contributed by atoms with Gasteiger partial charge in [-0.2, -0.15) is 15.2 Å². The molecule has 0 aromatic rings. The standard InChI is InChI=1S/C41H81N3O6/c1-16-19-26-46-42-36(4,5)29-32(39(42,10)11)45-25-23-22-24-35(49-33-30-37(6,7)43(40(33,12)13)47-27-20-17-2)50-34-31-38(8,9)44(41(34,14)15)48-28-21-18-3/h32-35H,16-31H2,1-15H3. The monoisotopic (exact) mass is 712 g/mol. The summed E-state index contributed by atoms with van der Waals surface area (Å²) in [5.74, 6) is 0. The normalized spacial score (nSPS) is 29.2. The van der Waals surface area contributed by atoms with Crippen LogP contribution in [0.25, 0.3) is 0 Å². The molecule has 0 aromatic heterocycles. The molecule has 9 nitrogen and oxygen atoms in total. The average Bonchev–Trinajstić information content (AvgIpc) is 3.37. The first kappa shape index (κ1) is 44.0. The lowest BCUT2D eigenvalue weighted by Crippen LogP contribution is -2.53. The molecular formula is C41H81N3O6. The van der Waals surface area contributed by atoms with Crippen molar-refractivity contribution in [3.63, 3.8) is 0 Å². The Kier molecular flexibility index (Phi) is 15.7. The minimum Gasteiger partial charge on any atom is -0.376 e. The van der Waals surface area contributed by atoms with Crippen LogP contribution in [0, 0.1) is 0 Å². The molecule has 0 amide bonds. The van der Waals surface area contributed by atoms with E-state index in [1.165, 1.54) is 0 Å². The van der Waals surface area contributed by atoms with E-state index in [0.717, 1.165) is 96.9 Å². The number of hydrogen-bond acceptors (Lipinski definition) is 9. The van der Waals surface area contributed by atoms with Crippen LogP contribution in [0.15, 0.2) is 0 Å². The lowest BCUT2D eigenvalue weighted by atomic mass is 9.96. The predicted octanol–water partition coefficient (Wildman–Crippen LogP) is 9.62. The summed E-state index contributed by atoms with van der Waals surface area (Å²) < 4.78 is 20.8. The lowest BCUT2D eigenvalue weighted by Gasteiger charge is -2.41. The van der Waals surface area contributed by atoms with Crippen LogP contribution in [0.3, 0.4) is 0 Å². The van der Waals surface area contributed by atoms with Gasteiger partial charge in [-0.1, -0.05) is 40.0 Å². The highest BCUT2D eigenvalue weighted by Crippen LogP contribution is 2.47. The maximum absolute atomic E-state index is 7.09. The summed E-state index contributed by atoms with van der Waals surface area (Å²) in [6, 6.07) is 0. The van der Waals surface area contributed by atoms with E-state index in [0.29, 0.717) is 6.61 Å². The molecule has 3 atom stereocenters. The first-order chi connectivity index (χ1) is 23.2. The molecule has 3 rings (SSSR count). The second-order valence-electron chi connectivity index (χ2n) is 19.0. The van der Waals surface area contributed by atoms with Crippen molar-refractivity contribution in [2.75, 3.05) is 26.4 Å². The third-order valence-corrected chi connectivity index (χ3v) is 11.6. The molecule has 0 saturated carbocycles. The summed E-state index contributed by atoms with van der Waals surface area (Å²) >= 11 is 0. The lowest BCUT2D eigenvalue weighted by molar-refractivity contribution is -0.277. The molecule has 50 heavy (non-hydrogen) atoms. The fourth-order valence-electron chi connectivity index (χ4n) is 8.88. The quantitative estimate of drug-likeness (QED) is 0.0807. The highest BCUT2D eigenvalue weighted by atomic mass is 16.7. The number of ether oxygens (including phenoxy) is 3. The fraction of sp³-hybridized carbons (Fsp3) is 1.00. The summed E-state index contributed by atoms with van der Waals surface area (Å²) in [6.07, 6.45) is 11.6. The summed E-state index contributed by atoms with van der Waals surface area (Å²) in [7, 11) is 0. The van der Waals surface area contributed by atoms with Gasteiger partial charge in [-0.15, -0.1) is 0 Å². The molecule has 3 aliphatic heterocycles. The van der Waals surface area contributed by atoms with E-state index in [4.69, 9.17) is 28.7 Å². The third kappa shape index (κ3) is 10.4. The number of rotatable bonds is 22. The second-order valence-corrected chi connectivity index (χ2v) is 19.0. The van der Waals surface area contributed by atoms with Crippen molar-refractivity contribution in [3.05, 3.63) is 0 Å². The van der Waals surface area contributed by atoms with Crippen molar-refractivity contribution in [1.29, 1.82) is 0 Å². The Balaban J connectivity index is 1.70. The molecule has 0 radical (unpaired) electrons. The zero-order valence-corrected chi connectivity index (χ0v) is 35.4. The van der Waals surface area contributed by atoms with E-state index in [-0.39, 0.29) is 57.8 Å². The minimum absolute atomic E-state index is 0.0324. The molecule has 3 fully saturated rings. The summed E-state index contributed by atoms with van der Waals surface area (Å²) in [4.78, 5) is 19.2. The van der Waals surface area contributed by atoms with Gasteiger partial charge in [0, 0.05) is 23.2 Å². The van der Waals surface area contributed by atoms with E-state index in [9.17, 15) is 0 Å². The fourth-order valence-corrected chi connectivity index (χ4v) is 8.88. The molecule has 0 spiro atoms. The predicted molar refractivity (Wildman–Crippen MR) is 204 cm³/mol. The smallest absolute Gasteiger partial charge is 0.158 e. The van der Waals surface area contributed by atoms with Gasteiger partial charge in [0.15, 0.2) is 6.29 Å². The molecule has 0 aliphatic carbocycles. The number of hydroxylamine groups is 6. The molecule has 296 valence electrons. The van der Waals surface area contributed by atoms with E-state index < -0.39 is 0 Å². The van der Waals surface area contributed by atoms with Crippen LogP contribution in [-0.2, 0) is 28.7 Å². The van der Waals surface area contributed by atoms with Gasteiger partial charge in [-0.25, -0.2) is 0 Å². The van der Waals surface area contributed by atoms with Gasteiger partial charge in [0.1, 0.15) is 0 Å². The van der Waals surface area contributed by atoms with Gasteiger partial charge < -0.3 is 14.2 Å². The average molecular weight is 712 g/mol. The van der Waals surface area contributed by atoms with Gasteiger partial charge in [-0.05, 0) is 141 Å². The molecule has 3 unspecified atom stereocenters. The van der Waals surface area contributed by atoms with Crippen LogP contribution in [0.2, 0.25) is 0 Å². The van der Waals surface area contributed by atoms with Gasteiger partial charge >= 0.3 is 0 Å². The van der Waals surface area contributed by atoms with Crippen molar-refractivity contribution in [2.24, 2.45) is 0 Å². The number of unbranched alkanes of at least 4 members (excludes halogenated alkanes) is 4. The van der Waals surface area contributed by atoms with E-state index in [1.807, 2.05) is 0 Å². The van der Waals surface area contributed by atoms with Crippen molar-refractivity contribution in [1.82, 2.24) is 15.2 Å². The minimum atomic E-state index is -0.342. The van der Waals surface area contributed by atoms with Gasteiger partial charge in [0.2, 0.25) is 0 Å². The molecule has 0 bridgehead atoms. The maximum atomic E-state index is 7.09. The van der Waals surface area contributed by atoms with Gasteiger partial charge in [-0.3, -0.25) is 14.5 Å². The van der Waals surface area contributed by atoms with Crippen LogP contribution >= 0.6 is 0 Å². The maximum Gasteiger partial charge on any atom is 0.158 e. The molecule has 3 aliphatic rings. The molecule has 3 heterocycles. The Hall–Kier alpha value is -0.360. The highest BCUT2D eigenvalue weighted by molar-refractivity contribution is 5.06. The summed E-state index contributed by atoms with van der Waals surface area (Å²) in [5, 5.41) is 6.62. The van der Waals surface area contributed by atoms with Crippen molar-refractivity contribution in [2.45, 2.75) is 239 Å². The zero-order valence-electron chi connectivity index (χ0n) is 35.4. The molecule has 9 heteroatoms. The third-order valence-electron chi connectivity index (χ3n) is 11.6. The van der Waals surface area contributed by atoms with Crippen molar-refractivity contribution < 1.29 is 28.7 Å². The first-order valence-electron chi connectivity index (χ1n) is 20.4. The van der Waals surface area contributed by atoms with Crippen LogP contribution in [-0.4, -0.2) is 99.5 Å². The first-order valence-corrected chi connectivity index (χ1v) is 20.4. The van der Waals surface area contributed by atoms with Crippen LogP contribution in [0.4, 0.5) is 0 Å². The van der Waals surface area contributed by atoms with E-state index in [1.54, 1.807) is 0 Å². The van der Waals surface area contributed by atoms with Crippen molar-refractivity contribution in [3.8, 4) is 0 Å². The van der Waals surface area contributed by atoms with Crippen LogP contribution in [0.1, 0.15) is 181 Å². The zero-order chi connectivity index (χ0) is 37.6. The summed E-state index contributed by atoms with van der Waals surface area (Å²) in [5.41, 5.74) is -1.14. The SMILES string of the molecule is CCCCON1C(C)(C)CC(OCCCCC(OC2CC(C)(C)N(OCCCC)C2(C)C)OC2CC(C)(C)N(OCCCC)C2(C)C)C1(C)C. The van der Waals surface area contributed by atoms with Gasteiger partial charge in [0.25, 0.3) is 0 Å².